The van der Waals surface area contributed by atoms with Crippen molar-refractivity contribution in [1.29, 1.82) is 0 Å². The van der Waals surface area contributed by atoms with Crippen LogP contribution >= 0.6 is 0 Å². The zero-order valence-corrected chi connectivity index (χ0v) is 9.08. The van der Waals surface area contributed by atoms with E-state index in [-0.39, 0.29) is 5.41 Å². The van der Waals surface area contributed by atoms with Gasteiger partial charge in [0, 0.05) is 24.2 Å². The molecule has 0 unspecified atom stereocenters. The molecule has 0 spiro atoms. The molecule has 0 aromatic carbocycles. The molecule has 0 aliphatic rings. The second kappa shape index (κ2) is 4.36. The first-order chi connectivity index (χ1) is 6.50. The van der Waals surface area contributed by atoms with Crippen molar-refractivity contribution in [3.8, 4) is 0 Å². The zero-order chi connectivity index (χ0) is 10.6. The molecule has 0 fully saturated rings. The monoisotopic (exact) mass is 191 g/mol. The van der Waals surface area contributed by atoms with Crippen LogP contribution in [0.3, 0.4) is 0 Å². The fourth-order valence-corrected chi connectivity index (χ4v) is 1.18. The number of nitrogens with zero attached hydrogens (tertiary/aromatic N) is 1. The quantitative estimate of drug-likeness (QED) is 0.735. The van der Waals surface area contributed by atoms with Gasteiger partial charge in [-0.3, -0.25) is 9.78 Å². The van der Waals surface area contributed by atoms with Crippen molar-refractivity contribution in [2.75, 3.05) is 0 Å². The standard InChI is InChI=1S/C12H17NO/c1-12(2,3)11(14)5-4-10-6-8-13-9-7-10/h6-9H,4-5H2,1-3H3. The number of Topliss-reactive ketones (excluding diaryl/α,β-unsaturated/α-hetero) is 1. The van der Waals surface area contributed by atoms with E-state index in [9.17, 15) is 4.79 Å². The number of rotatable bonds is 3. The first-order valence-corrected chi connectivity index (χ1v) is 4.92. The van der Waals surface area contributed by atoms with Gasteiger partial charge >= 0.3 is 0 Å². The molecule has 0 N–H and O–H groups in total. The third kappa shape index (κ3) is 3.29. The van der Waals surface area contributed by atoms with Crippen molar-refractivity contribution in [3.05, 3.63) is 30.1 Å². The molecule has 1 aromatic heterocycles. The fourth-order valence-electron chi connectivity index (χ4n) is 1.18. The lowest BCUT2D eigenvalue weighted by atomic mass is 9.87. The summed E-state index contributed by atoms with van der Waals surface area (Å²) in [6.45, 7) is 5.88. The minimum Gasteiger partial charge on any atom is -0.299 e. The van der Waals surface area contributed by atoms with Crippen molar-refractivity contribution < 1.29 is 4.79 Å². The summed E-state index contributed by atoms with van der Waals surface area (Å²) in [5.74, 6) is 0.314. The number of carbonyl (C=O) groups excluding carboxylic acids is 1. The van der Waals surface area contributed by atoms with Crippen LogP contribution in [0.15, 0.2) is 24.5 Å². The van der Waals surface area contributed by atoms with Crippen molar-refractivity contribution in [2.24, 2.45) is 5.41 Å². The number of aryl methyl sites for hydroxylation is 1. The van der Waals surface area contributed by atoms with Crippen LogP contribution in [0.2, 0.25) is 0 Å². The number of pyridine rings is 1. The Morgan fingerprint density at radius 3 is 2.36 bits per heavy atom. The van der Waals surface area contributed by atoms with Crippen LogP contribution in [-0.4, -0.2) is 10.8 Å². The van der Waals surface area contributed by atoms with Crippen LogP contribution in [0, 0.1) is 5.41 Å². The van der Waals surface area contributed by atoms with Crippen molar-refractivity contribution in [2.45, 2.75) is 33.6 Å². The summed E-state index contributed by atoms with van der Waals surface area (Å²) < 4.78 is 0. The van der Waals surface area contributed by atoms with E-state index in [4.69, 9.17) is 0 Å². The molecule has 1 heterocycles. The Morgan fingerprint density at radius 1 is 1.29 bits per heavy atom. The molecule has 0 bridgehead atoms. The molecule has 14 heavy (non-hydrogen) atoms. The van der Waals surface area contributed by atoms with Crippen LogP contribution < -0.4 is 0 Å². The van der Waals surface area contributed by atoms with Gasteiger partial charge in [0.15, 0.2) is 0 Å². The lowest BCUT2D eigenvalue weighted by Gasteiger charge is -2.16. The Labute approximate surface area is 85.4 Å². The van der Waals surface area contributed by atoms with E-state index >= 15 is 0 Å². The summed E-state index contributed by atoms with van der Waals surface area (Å²) in [5.41, 5.74) is 0.963. The van der Waals surface area contributed by atoms with E-state index in [2.05, 4.69) is 4.98 Å². The predicted molar refractivity (Wildman–Crippen MR) is 57.0 cm³/mol. The normalized spacial score (nSPS) is 11.4. The zero-order valence-electron chi connectivity index (χ0n) is 9.08. The average molecular weight is 191 g/mol. The number of hydrogen-bond donors (Lipinski definition) is 0. The third-order valence-electron chi connectivity index (χ3n) is 2.23. The molecule has 0 saturated carbocycles. The molecule has 0 atom stereocenters. The van der Waals surface area contributed by atoms with E-state index < -0.39 is 0 Å². The SMILES string of the molecule is CC(C)(C)C(=O)CCc1ccncc1. The van der Waals surface area contributed by atoms with Crippen molar-refractivity contribution in [1.82, 2.24) is 4.98 Å². The highest BCUT2D eigenvalue weighted by Crippen LogP contribution is 2.17. The van der Waals surface area contributed by atoms with Crippen LogP contribution in [0.25, 0.3) is 0 Å². The maximum absolute atomic E-state index is 11.6. The molecule has 0 radical (unpaired) electrons. The van der Waals surface area contributed by atoms with Gasteiger partial charge in [-0.15, -0.1) is 0 Å². The number of aromatic nitrogens is 1. The maximum atomic E-state index is 11.6. The van der Waals surface area contributed by atoms with Gasteiger partial charge in [-0.1, -0.05) is 20.8 Å². The molecule has 76 valence electrons. The summed E-state index contributed by atoms with van der Waals surface area (Å²) in [4.78, 5) is 15.6. The first kappa shape index (κ1) is 10.9. The van der Waals surface area contributed by atoms with Crippen LogP contribution in [0.5, 0.6) is 0 Å². The molecule has 0 aliphatic carbocycles. The summed E-state index contributed by atoms with van der Waals surface area (Å²) in [6.07, 6.45) is 4.96. The first-order valence-electron chi connectivity index (χ1n) is 4.92. The van der Waals surface area contributed by atoms with E-state index in [0.717, 1.165) is 6.42 Å². The summed E-state index contributed by atoms with van der Waals surface area (Å²) in [6, 6.07) is 3.91. The molecule has 1 rings (SSSR count). The van der Waals surface area contributed by atoms with Crippen LogP contribution in [-0.2, 0) is 11.2 Å². The van der Waals surface area contributed by atoms with Gasteiger partial charge < -0.3 is 0 Å². The molecular weight excluding hydrogens is 174 g/mol. The maximum Gasteiger partial charge on any atom is 0.138 e. The summed E-state index contributed by atoms with van der Waals surface area (Å²) in [7, 11) is 0. The molecular formula is C12H17NO. The summed E-state index contributed by atoms with van der Waals surface area (Å²) in [5, 5.41) is 0. The molecule has 2 heteroatoms. The van der Waals surface area contributed by atoms with Crippen LogP contribution in [0.1, 0.15) is 32.8 Å². The Bertz CT molecular complexity index is 298. The topological polar surface area (TPSA) is 30.0 Å². The fraction of sp³-hybridized carbons (Fsp3) is 0.500. The lowest BCUT2D eigenvalue weighted by Crippen LogP contribution is -2.20. The van der Waals surface area contributed by atoms with E-state index in [1.54, 1.807) is 12.4 Å². The van der Waals surface area contributed by atoms with Gasteiger partial charge in [0.1, 0.15) is 5.78 Å². The van der Waals surface area contributed by atoms with Gasteiger partial charge in [0.05, 0.1) is 0 Å². The van der Waals surface area contributed by atoms with Gasteiger partial charge in [0.25, 0.3) is 0 Å². The van der Waals surface area contributed by atoms with Crippen molar-refractivity contribution >= 4 is 5.78 Å². The third-order valence-corrected chi connectivity index (χ3v) is 2.23. The smallest absolute Gasteiger partial charge is 0.138 e. The largest absolute Gasteiger partial charge is 0.299 e. The second-order valence-corrected chi connectivity index (χ2v) is 4.53. The Kier molecular flexibility index (Phi) is 3.39. The lowest BCUT2D eigenvalue weighted by molar-refractivity contribution is -0.126. The number of ketones is 1. The van der Waals surface area contributed by atoms with Gasteiger partial charge in [-0.25, -0.2) is 0 Å². The van der Waals surface area contributed by atoms with Crippen LogP contribution in [0.4, 0.5) is 0 Å². The molecule has 2 nitrogen and oxygen atoms in total. The van der Waals surface area contributed by atoms with E-state index in [1.165, 1.54) is 5.56 Å². The minimum atomic E-state index is -0.215. The summed E-state index contributed by atoms with van der Waals surface area (Å²) >= 11 is 0. The molecule has 0 amide bonds. The molecule has 0 aliphatic heterocycles. The second-order valence-electron chi connectivity index (χ2n) is 4.53. The van der Waals surface area contributed by atoms with Gasteiger partial charge in [0.2, 0.25) is 0 Å². The Balaban J connectivity index is 2.46. The molecule has 0 saturated heterocycles. The van der Waals surface area contributed by atoms with E-state index in [0.29, 0.717) is 12.2 Å². The highest BCUT2D eigenvalue weighted by Gasteiger charge is 2.20. The highest BCUT2D eigenvalue weighted by atomic mass is 16.1. The Hall–Kier alpha value is -1.18. The molecule has 1 aromatic rings. The minimum absolute atomic E-state index is 0.215. The average Bonchev–Trinajstić information content (AvgIpc) is 2.14. The predicted octanol–water partition coefficient (Wildman–Crippen LogP) is 2.63. The highest BCUT2D eigenvalue weighted by molar-refractivity contribution is 5.83. The van der Waals surface area contributed by atoms with Crippen molar-refractivity contribution in [3.63, 3.8) is 0 Å². The number of carbonyl (C=O) groups is 1. The van der Waals surface area contributed by atoms with Gasteiger partial charge in [-0.2, -0.15) is 0 Å². The van der Waals surface area contributed by atoms with Gasteiger partial charge in [-0.05, 0) is 24.1 Å². The van der Waals surface area contributed by atoms with E-state index in [1.807, 2.05) is 32.9 Å². The number of hydrogen-bond acceptors (Lipinski definition) is 2. The Morgan fingerprint density at radius 2 is 1.86 bits per heavy atom.